The van der Waals surface area contributed by atoms with E-state index in [0.717, 1.165) is 24.0 Å². The molecule has 11 nitrogen and oxygen atoms in total. The van der Waals surface area contributed by atoms with Crippen molar-refractivity contribution in [3.05, 3.63) is 90.3 Å². The second kappa shape index (κ2) is 20.4. The first-order valence-corrected chi connectivity index (χ1v) is 18.3. The van der Waals surface area contributed by atoms with Crippen LogP contribution in [0.5, 0.6) is 0 Å². The van der Waals surface area contributed by atoms with E-state index in [0.29, 0.717) is 64.4 Å². The summed E-state index contributed by atoms with van der Waals surface area (Å²) in [6, 6.07) is 19.4. The standard InChI is InChI=1S/C40H55N7O4/c1-29(2)24-35(37(49)27-32(16-9-10-17-41)39(51)46-20-22-47(23-21-46)40-43-18-11-19-44-40)45-38(50)33(25-30-12-5-3-6-13-30)28-36(48)34(42)26-31-14-7-4-8-15-31/h3-8,11-15,18-19,29,32-35H,9-10,16-17,20-28,41-42H2,1-2H3,(H,45,50)/t32-,33-,34+,35+/m0/s1. The number of nitrogens with one attached hydrogen (secondary N) is 1. The Morgan fingerprint density at radius 1 is 0.765 bits per heavy atom. The molecule has 0 aliphatic carbocycles. The number of carbonyl (C=O) groups is 4. The number of aromatic nitrogens is 2. The number of nitrogens with zero attached hydrogens (tertiary/aromatic N) is 4. The molecule has 0 bridgehead atoms. The molecule has 2 amide bonds. The van der Waals surface area contributed by atoms with Crippen LogP contribution in [0.15, 0.2) is 79.1 Å². The number of amides is 2. The highest BCUT2D eigenvalue weighted by atomic mass is 16.2. The van der Waals surface area contributed by atoms with Crippen LogP contribution < -0.4 is 21.7 Å². The Labute approximate surface area is 302 Å². The summed E-state index contributed by atoms with van der Waals surface area (Å²) in [5.74, 6) is -1.28. The van der Waals surface area contributed by atoms with E-state index in [2.05, 4.69) is 20.2 Å². The Morgan fingerprint density at radius 2 is 1.35 bits per heavy atom. The van der Waals surface area contributed by atoms with Gasteiger partial charge in [0.2, 0.25) is 17.8 Å². The number of hydrogen-bond donors (Lipinski definition) is 3. The fourth-order valence-electron chi connectivity index (χ4n) is 6.64. The summed E-state index contributed by atoms with van der Waals surface area (Å²) >= 11 is 0. The number of benzene rings is 2. The van der Waals surface area contributed by atoms with Gasteiger partial charge in [0.1, 0.15) is 0 Å². The van der Waals surface area contributed by atoms with Crippen molar-refractivity contribution in [3.8, 4) is 0 Å². The van der Waals surface area contributed by atoms with Gasteiger partial charge in [-0.05, 0) is 61.8 Å². The molecular formula is C40H55N7O4. The maximum absolute atomic E-state index is 14.1. The first kappa shape index (κ1) is 39.3. The number of nitrogens with two attached hydrogens (primary N) is 2. The smallest absolute Gasteiger partial charge is 0.226 e. The molecule has 1 aliphatic rings. The minimum absolute atomic E-state index is 0.0211. The zero-order valence-corrected chi connectivity index (χ0v) is 30.2. The van der Waals surface area contributed by atoms with Gasteiger partial charge in [-0.2, -0.15) is 0 Å². The minimum atomic E-state index is -0.791. The minimum Gasteiger partial charge on any atom is -0.346 e. The number of hydrogen-bond acceptors (Lipinski definition) is 9. The van der Waals surface area contributed by atoms with Crippen molar-refractivity contribution >= 4 is 29.3 Å². The van der Waals surface area contributed by atoms with E-state index in [1.807, 2.05) is 79.4 Å². The summed E-state index contributed by atoms with van der Waals surface area (Å²) in [4.78, 5) is 68.0. The summed E-state index contributed by atoms with van der Waals surface area (Å²) in [5.41, 5.74) is 14.0. The molecule has 5 N–H and O–H groups in total. The molecule has 0 unspecified atom stereocenters. The number of carbonyl (C=O) groups excluding carboxylic acids is 4. The molecule has 274 valence electrons. The molecule has 4 atom stereocenters. The zero-order chi connectivity index (χ0) is 36.6. The van der Waals surface area contributed by atoms with E-state index >= 15 is 0 Å². The molecule has 1 aliphatic heterocycles. The van der Waals surface area contributed by atoms with Crippen LogP contribution in [-0.4, -0.2) is 83.1 Å². The molecule has 1 fully saturated rings. The van der Waals surface area contributed by atoms with E-state index in [4.69, 9.17) is 11.5 Å². The Morgan fingerprint density at radius 3 is 1.94 bits per heavy atom. The van der Waals surface area contributed by atoms with E-state index < -0.39 is 23.9 Å². The number of anilines is 1. The number of Topliss-reactive ketones (excluding diaryl/α,β-unsaturated/α-hetero) is 2. The molecular weight excluding hydrogens is 642 g/mol. The summed E-state index contributed by atoms with van der Waals surface area (Å²) in [5, 5.41) is 3.03. The highest BCUT2D eigenvalue weighted by Gasteiger charge is 2.34. The summed E-state index contributed by atoms with van der Waals surface area (Å²) in [6.07, 6.45) is 6.53. The Hall–Kier alpha value is -4.48. The normalized spacial score (nSPS) is 15.5. The van der Waals surface area contributed by atoms with Gasteiger partial charge in [-0.25, -0.2) is 9.97 Å². The summed E-state index contributed by atoms with van der Waals surface area (Å²) < 4.78 is 0. The third-order valence-electron chi connectivity index (χ3n) is 9.50. The van der Waals surface area contributed by atoms with Gasteiger partial charge >= 0.3 is 0 Å². The lowest BCUT2D eigenvalue weighted by molar-refractivity contribution is -0.139. The van der Waals surface area contributed by atoms with Crippen molar-refractivity contribution in [1.29, 1.82) is 0 Å². The average Bonchev–Trinajstić information content (AvgIpc) is 3.14. The predicted octanol–water partition coefficient (Wildman–Crippen LogP) is 3.75. The number of unbranched alkanes of at least 4 members (excludes halogenated alkanes) is 1. The Kier molecular flexibility index (Phi) is 15.7. The molecule has 1 saturated heterocycles. The van der Waals surface area contributed by atoms with Gasteiger partial charge in [0.05, 0.1) is 12.1 Å². The largest absolute Gasteiger partial charge is 0.346 e. The van der Waals surface area contributed by atoms with Crippen LogP contribution in [0.4, 0.5) is 5.95 Å². The Bertz CT molecular complexity index is 1520. The van der Waals surface area contributed by atoms with Gasteiger partial charge in [0.25, 0.3) is 0 Å². The van der Waals surface area contributed by atoms with Crippen LogP contribution in [0.25, 0.3) is 0 Å². The molecule has 0 spiro atoms. The van der Waals surface area contributed by atoms with E-state index in [1.165, 1.54) is 0 Å². The Balaban J connectivity index is 1.45. The highest BCUT2D eigenvalue weighted by Crippen LogP contribution is 2.22. The van der Waals surface area contributed by atoms with E-state index in [1.54, 1.807) is 18.5 Å². The average molecular weight is 698 g/mol. The molecule has 3 aromatic rings. The molecule has 2 aromatic carbocycles. The van der Waals surface area contributed by atoms with Crippen LogP contribution >= 0.6 is 0 Å². The van der Waals surface area contributed by atoms with Crippen molar-refractivity contribution in [2.45, 2.75) is 77.3 Å². The van der Waals surface area contributed by atoms with Gasteiger partial charge in [0.15, 0.2) is 11.6 Å². The SMILES string of the molecule is CC(C)C[C@@H](NC(=O)[C@H](CC(=O)[C@H](N)Cc1ccccc1)Cc1ccccc1)C(=O)C[C@H](CCCCN)C(=O)N1CCN(c2ncccn2)CC1. The zero-order valence-electron chi connectivity index (χ0n) is 30.2. The molecule has 1 aromatic heterocycles. The highest BCUT2D eigenvalue weighted by molar-refractivity contribution is 5.94. The monoisotopic (exact) mass is 697 g/mol. The maximum Gasteiger partial charge on any atom is 0.226 e. The summed E-state index contributed by atoms with van der Waals surface area (Å²) in [7, 11) is 0. The third-order valence-corrected chi connectivity index (χ3v) is 9.50. The van der Waals surface area contributed by atoms with E-state index in [9.17, 15) is 19.2 Å². The fourth-order valence-corrected chi connectivity index (χ4v) is 6.64. The molecule has 4 rings (SSSR count). The fraction of sp³-hybridized carbons (Fsp3) is 0.500. The lowest BCUT2D eigenvalue weighted by Crippen LogP contribution is -2.51. The van der Waals surface area contributed by atoms with Crippen molar-refractivity contribution in [2.24, 2.45) is 29.2 Å². The second-order valence-corrected chi connectivity index (χ2v) is 14.1. The first-order chi connectivity index (χ1) is 24.6. The van der Waals surface area contributed by atoms with Crippen LogP contribution in [-0.2, 0) is 32.0 Å². The molecule has 2 heterocycles. The van der Waals surface area contributed by atoms with Gasteiger partial charge < -0.3 is 26.6 Å². The molecule has 51 heavy (non-hydrogen) atoms. The van der Waals surface area contributed by atoms with Crippen molar-refractivity contribution in [1.82, 2.24) is 20.2 Å². The van der Waals surface area contributed by atoms with Gasteiger partial charge in [-0.1, -0.05) is 80.9 Å². The van der Waals surface area contributed by atoms with Crippen LogP contribution in [0.3, 0.4) is 0 Å². The second-order valence-electron chi connectivity index (χ2n) is 14.1. The number of piperazine rings is 1. The van der Waals surface area contributed by atoms with E-state index in [-0.39, 0.29) is 42.1 Å². The van der Waals surface area contributed by atoms with Crippen LogP contribution in [0.2, 0.25) is 0 Å². The van der Waals surface area contributed by atoms with Crippen molar-refractivity contribution in [2.75, 3.05) is 37.6 Å². The lowest BCUT2D eigenvalue weighted by Gasteiger charge is -2.36. The number of ketones is 2. The molecule has 0 radical (unpaired) electrons. The van der Waals surface area contributed by atoms with Crippen LogP contribution in [0, 0.1) is 17.8 Å². The van der Waals surface area contributed by atoms with Gasteiger partial charge in [-0.15, -0.1) is 0 Å². The quantitative estimate of drug-likeness (QED) is 0.149. The maximum atomic E-state index is 14.1. The van der Waals surface area contributed by atoms with Crippen molar-refractivity contribution in [3.63, 3.8) is 0 Å². The molecule has 11 heteroatoms. The predicted molar refractivity (Wildman–Crippen MR) is 200 cm³/mol. The summed E-state index contributed by atoms with van der Waals surface area (Å²) in [6.45, 7) is 6.72. The lowest BCUT2D eigenvalue weighted by atomic mass is 9.87. The first-order valence-electron chi connectivity index (χ1n) is 18.3. The van der Waals surface area contributed by atoms with Gasteiger partial charge in [-0.3, -0.25) is 19.2 Å². The topological polar surface area (TPSA) is 165 Å². The van der Waals surface area contributed by atoms with Gasteiger partial charge in [0, 0.05) is 63.3 Å². The molecule has 0 saturated carbocycles. The third kappa shape index (κ3) is 12.7. The van der Waals surface area contributed by atoms with Crippen LogP contribution in [0.1, 0.15) is 63.5 Å². The number of rotatable bonds is 20. The van der Waals surface area contributed by atoms with Crippen molar-refractivity contribution < 1.29 is 19.2 Å².